The second-order valence-electron chi connectivity index (χ2n) is 9.14. The number of imide groups is 1. The quantitative estimate of drug-likeness (QED) is 0.181. The van der Waals surface area contributed by atoms with E-state index in [0.29, 0.717) is 16.1 Å². The Kier molecular flexibility index (Phi) is 7.23. The fourth-order valence-electron chi connectivity index (χ4n) is 4.60. The van der Waals surface area contributed by atoms with E-state index in [1.165, 1.54) is 6.07 Å². The maximum atomic E-state index is 14.6. The summed E-state index contributed by atoms with van der Waals surface area (Å²) < 4.78 is 16.5. The Bertz CT molecular complexity index is 1600. The Hall–Kier alpha value is -3.68. The Balaban J connectivity index is 1.49. The van der Waals surface area contributed by atoms with Crippen molar-refractivity contribution in [2.24, 2.45) is 0 Å². The van der Waals surface area contributed by atoms with E-state index in [0.717, 1.165) is 50.7 Å². The molecule has 0 radical (unpaired) electrons. The molecule has 4 aromatic rings. The third-order valence-corrected chi connectivity index (χ3v) is 7.88. The van der Waals surface area contributed by atoms with Crippen LogP contribution in [0.5, 0.6) is 0 Å². The first-order valence-corrected chi connectivity index (χ1v) is 13.3. The Morgan fingerprint density at radius 2 is 1.79 bits per heavy atom. The van der Waals surface area contributed by atoms with Gasteiger partial charge in [0, 0.05) is 33.3 Å². The lowest BCUT2D eigenvalue weighted by Gasteiger charge is -2.11. The Morgan fingerprint density at radius 3 is 2.50 bits per heavy atom. The maximum absolute atomic E-state index is 14.6. The molecule has 1 aromatic heterocycles. The number of carbonyl (C=O) groups excluding carboxylic acids is 3. The minimum absolute atomic E-state index is 0.208. The van der Waals surface area contributed by atoms with Gasteiger partial charge in [-0.3, -0.25) is 19.3 Å². The largest absolute Gasteiger partial charge is 0.342 e. The molecule has 3 aromatic carbocycles. The number of carbonyl (C=O) groups is 3. The lowest BCUT2D eigenvalue weighted by molar-refractivity contribution is -0.122. The van der Waals surface area contributed by atoms with Gasteiger partial charge in [0.1, 0.15) is 5.82 Å². The standard InChI is InChI=1S/C30H24ClFN2O3S/c1-3-19-6-4-7-22-21(15-33(28(19)22)16-23-24(31)8-5-9-25(23)32)14-27-29(36)34(30(37)38-27)17-26(35)20-12-10-18(2)11-13-20/h4-15H,3,16-17H2,1-2H3/b27-14-. The zero-order valence-corrected chi connectivity index (χ0v) is 22.4. The van der Waals surface area contributed by atoms with Gasteiger partial charge in [-0.25, -0.2) is 4.39 Å². The van der Waals surface area contributed by atoms with E-state index in [2.05, 4.69) is 0 Å². The third-order valence-electron chi connectivity index (χ3n) is 6.62. The minimum atomic E-state index is -0.509. The highest BCUT2D eigenvalue weighted by atomic mass is 35.5. The van der Waals surface area contributed by atoms with Gasteiger partial charge >= 0.3 is 0 Å². The molecule has 38 heavy (non-hydrogen) atoms. The van der Waals surface area contributed by atoms with E-state index in [1.807, 2.05) is 54.9 Å². The second kappa shape index (κ2) is 10.6. The summed E-state index contributed by atoms with van der Waals surface area (Å²) in [5, 5.41) is 0.721. The number of rotatable bonds is 7. The molecule has 2 amide bonds. The van der Waals surface area contributed by atoms with Gasteiger partial charge in [0.25, 0.3) is 11.1 Å². The first kappa shape index (κ1) is 25.9. The normalized spacial score (nSPS) is 14.7. The first-order valence-electron chi connectivity index (χ1n) is 12.2. The van der Waals surface area contributed by atoms with Crippen molar-refractivity contribution >= 4 is 57.3 Å². The molecule has 1 saturated heterocycles. The third kappa shape index (κ3) is 4.91. The van der Waals surface area contributed by atoms with Crippen molar-refractivity contribution in [1.82, 2.24) is 9.47 Å². The van der Waals surface area contributed by atoms with Gasteiger partial charge in [-0.1, -0.05) is 72.6 Å². The summed E-state index contributed by atoms with van der Waals surface area (Å²) in [5.74, 6) is -1.21. The molecule has 0 atom stereocenters. The number of hydrogen-bond donors (Lipinski definition) is 0. The molecule has 0 spiro atoms. The lowest BCUT2D eigenvalue weighted by atomic mass is 10.1. The number of aryl methyl sites for hydroxylation is 2. The fourth-order valence-corrected chi connectivity index (χ4v) is 5.65. The van der Waals surface area contributed by atoms with Gasteiger partial charge in [-0.15, -0.1) is 0 Å². The molecule has 0 unspecified atom stereocenters. The molecule has 0 saturated carbocycles. The topological polar surface area (TPSA) is 59.4 Å². The van der Waals surface area contributed by atoms with E-state index in [4.69, 9.17) is 11.6 Å². The number of hydrogen-bond acceptors (Lipinski definition) is 4. The summed E-state index contributed by atoms with van der Waals surface area (Å²) in [5.41, 5.74) is 4.52. The number of ketones is 1. The number of para-hydroxylation sites is 1. The van der Waals surface area contributed by atoms with Crippen molar-refractivity contribution in [3.05, 3.63) is 110 Å². The van der Waals surface area contributed by atoms with Crippen molar-refractivity contribution in [3.8, 4) is 0 Å². The van der Waals surface area contributed by atoms with Gasteiger partial charge in [0.2, 0.25) is 0 Å². The predicted octanol–water partition coefficient (Wildman–Crippen LogP) is 7.27. The van der Waals surface area contributed by atoms with Crippen molar-refractivity contribution in [2.45, 2.75) is 26.8 Å². The highest BCUT2D eigenvalue weighted by Gasteiger charge is 2.36. The van der Waals surface area contributed by atoms with Crippen molar-refractivity contribution in [1.29, 1.82) is 0 Å². The molecule has 1 aliphatic rings. The minimum Gasteiger partial charge on any atom is -0.342 e. The average molecular weight is 547 g/mol. The number of Topliss-reactive ketones (excluding diaryl/α,β-unsaturated/α-hetero) is 1. The van der Waals surface area contributed by atoms with E-state index in [9.17, 15) is 18.8 Å². The van der Waals surface area contributed by atoms with Crippen molar-refractivity contribution < 1.29 is 18.8 Å². The van der Waals surface area contributed by atoms with Crippen LogP contribution < -0.4 is 0 Å². The molecule has 8 heteroatoms. The van der Waals surface area contributed by atoms with Gasteiger partial charge in [0.15, 0.2) is 5.78 Å². The molecule has 1 aliphatic heterocycles. The lowest BCUT2D eigenvalue weighted by Crippen LogP contribution is -2.33. The highest BCUT2D eigenvalue weighted by Crippen LogP contribution is 2.35. The van der Waals surface area contributed by atoms with Crippen LogP contribution in [-0.4, -0.2) is 32.9 Å². The fraction of sp³-hybridized carbons (Fsp3) is 0.167. The van der Waals surface area contributed by atoms with Crippen molar-refractivity contribution in [2.75, 3.05) is 6.54 Å². The molecule has 192 valence electrons. The first-order chi connectivity index (χ1) is 18.3. The van der Waals surface area contributed by atoms with Crippen LogP contribution in [-0.2, 0) is 17.8 Å². The molecule has 5 rings (SSSR count). The van der Waals surface area contributed by atoms with Gasteiger partial charge < -0.3 is 4.57 Å². The SMILES string of the molecule is CCc1cccc2c(/C=C3\SC(=O)N(CC(=O)c4ccc(C)cc4)C3=O)cn(Cc3c(F)cccc3Cl)c12. The van der Waals surface area contributed by atoms with Crippen LogP contribution in [0.1, 0.15) is 39.5 Å². The van der Waals surface area contributed by atoms with Gasteiger partial charge in [-0.2, -0.15) is 0 Å². The zero-order chi connectivity index (χ0) is 27.0. The Morgan fingerprint density at radius 1 is 1.05 bits per heavy atom. The predicted molar refractivity (Wildman–Crippen MR) is 150 cm³/mol. The van der Waals surface area contributed by atoms with E-state index >= 15 is 0 Å². The summed E-state index contributed by atoms with van der Waals surface area (Å²) in [6.07, 6.45) is 4.27. The van der Waals surface area contributed by atoms with Crippen LogP contribution in [0.4, 0.5) is 9.18 Å². The molecule has 1 fully saturated rings. The van der Waals surface area contributed by atoms with E-state index in [-0.39, 0.29) is 23.8 Å². The van der Waals surface area contributed by atoms with Crippen LogP contribution in [0.2, 0.25) is 5.02 Å². The average Bonchev–Trinajstić information content (AvgIpc) is 3.38. The summed E-state index contributed by atoms with van der Waals surface area (Å²) >= 11 is 7.12. The number of benzene rings is 3. The summed E-state index contributed by atoms with van der Waals surface area (Å²) in [6, 6.07) is 17.5. The molecular weight excluding hydrogens is 523 g/mol. The smallest absolute Gasteiger partial charge is 0.293 e. The summed E-state index contributed by atoms with van der Waals surface area (Å²) in [7, 11) is 0. The number of aromatic nitrogens is 1. The molecule has 0 aliphatic carbocycles. The summed E-state index contributed by atoms with van der Waals surface area (Å²) in [6.45, 7) is 3.84. The number of fused-ring (bicyclic) bond motifs is 1. The van der Waals surface area contributed by atoms with Crippen LogP contribution in [0.15, 0.2) is 71.8 Å². The number of amides is 2. The van der Waals surface area contributed by atoms with Crippen molar-refractivity contribution in [3.63, 3.8) is 0 Å². The molecule has 0 N–H and O–H groups in total. The van der Waals surface area contributed by atoms with Crippen LogP contribution in [0.25, 0.3) is 17.0 Å². The summed E-state index contributed by atoms with van der Waals surface area (Å²) in [4.78, 5) is 39.8. The van der Waals surface area contributed by atoms with Gasteiger partial charge in [-0.05, 0) is 48.9 Å². The number of halogens is 2. The Labute approximate surface area is 228 Å². The van der Waals surface area contributed by atoms with Crippen LogP contribution in [0, 0.1) is 12.7 Å². The van der Waals surface area contributed by atoms with Gasteiger partial charge in [0.05, 0.1) is 23.5 Å². The van der Waals surface area contributed by atoms with E-state index in [1.54, 1.807) is 30.3 Å². The second-order valence-corrected chi connectivity index (χ2v) is 10.5. The van der Waals surface area contributed by atoms with Crippen LogP contribution >= 0.6 is 23.4 Å². The van der Waals surface area contributed by atoms with E-state index < -0.39 is 17.0 Å². The molecular formula is C30H24ClFN2O3S. The van der Waals surface area contributed by atoms with Crippen LogP contribution in [0.3, 0.4) is 0 Å². The molecule has 5 nitrogen and oxygen atoms in total. The maximum Gasteiger partial charge on any atom is 0.293 e. The molecule has 2 heterocycles. The number of nitrogens with zero attached hydrogens (tertiary/aromatic N) is 2. The number of thioether (sulfide) groups is 1. The highest BCUT2D eigenvalue weighted by molar-refractivity contribution is 8.18. The zero-order valence-electron chi connectivity index (χ0n) is 20.8. The molecule has 0 bridgehead atoms. The monoisotopic (exact) mass is 546 g/mol.